The van der Waals surface area contributed by atoms with Gasteiger partial charge in [-0.3, -0.25) is 4.79 Å². The van der Waals surface area contributed by atoms with Gasteiger partial charge in [0.2, 0.25) is 15.9 Å². The molecular formula is C20H32N2O5S. The lowest BCUT2D eigenvalue weighted by molar-refractivity contribution is -0.127. The first-order valence-electron chi connectivity index (χ1n) is 9.81. The van der Waals surface area contributed by atoms with Crippen molar-refractivity contribution in [3.05, 3.63) is 24.3 Å². The predicted molar refractivity (Wildman–Crippen MR) is 107 cm³/mol. The van der Waals surface area contributed by atoms with Crippen molar-refractivity contribution >= 4 is 15.9 Å². The Morgan fingerprint density at radius 1 is 1.18 bits per heavy atom. The fourth-order valence-corrected chi connectivity index (χ4v) is 4.53. The zero-order valence-corrected chi connectivity index (χ0v) is 17.7. The first kappa shape index (κ1) is 22.6. The number of aliphatic hydroxyl groups is 1. The van der Waals surface area contributed by atoms with Crippen LogP contribution in [0.3, 0.4) is 0 Å². The zero-order valence-electron chi connectivity index (χ0n) is 16.8. The van der Waals surface area contributed by atoms with Crippen LogP contribution < -0.4 is 14.8 Å². The predicted octanol–water partition coefficient (Wildman–Crippen LogP) is 1.91. The van der Waals surface area contributed by atoms with E-state index >= 15 is 0 Å². The van der Waals surface area contributed by atoms with E-state index < -0.39 is 10.0 Å². The third-order valence-corrected chi connectivity index (χ3v) is 6.92. The summed E-state index contributed by atoms with van der Waals surface area (Å²) < 4.78 is 32.6. The van der Waals surface area contributed by atoms with E-state index in [1.807, 2.05) is 13.8 Å². The Kier molecular flexibility index (Phi) is 8.27. The monoisotopic (exact) mass is 412 g/mol. The van der Waals surface area contributed by atoms with E-state index in [2.05, 4.69) is 10.0 Å². The quantitative estimate of drug-likeness (QED) is 0.575. The minimum atomic E-state index is -3.56. The molecule has 158 valence electrons. The third-order valence-electron chi connectivity index (χ3n) is 5.48. The molecule has 1 aliphatic carbocycles. The number of nitrogens with one attached hydrogen (secondary N) is 2. The molecule has 1 unspecified atom stereocenters. The molecular weight excluding hydrogens is 380 g/mol. The average molecular weight is 413 g/mol. The molecule has 1 fully saturated rings. The second-order valence-electron chi connectivity index (χ2n) is 7.79. The Morgan fingerprint density at radius 2 is 1.79 bits per heavy atom. The molecule has 1 aromatic rings. The maximum atomic E-state index is 12.4. The molecule has 0 spiro atoms. The molecule has 1 amide bonds. The first-order chi connectivity index (χ1) is 13.3. The highest BCUT2D eigenvalue weighted by Gasteiger charge is 2.28. The lowest BCUT2D eigenvalue weighted by atomic mass is 9.81. The minimum Gasteiger partial charge on any atom is -0.497 e. The maximum absolute atomic E-state index is 12.4. The van der Waals surface area contributed by atoms with Crippen LogP contribution >= 0.6 is 0 Å². The van der Waals surface area contributed by atoms with Crippen molar-refractivity contribution in [1.82, 2.24) is 10.0 Å². The number of hydrogen-bond donors (Lipinski definition) is 3. The van der Waals surface area contributed by atoms with Gasteiger partial charge in [-0.25, -0.2) is 13.1 Å². The van der Waals surface area contributed by atoms with Gasteiger partial charge in [-0.15, -0.1) is 0 Å². The Morgan fingerprint density at radius 3 is 2.29 bits per heavy atom. The molecule has 8 heteroatoms. The normalized spacial score (nSPS) is 21.3. The molecule has 0 heterocycles. The van der Waals surface area contributed by atoms with Gasteiger partial charge in [0.1, 0.15) is 5.75 Å². The molecule has 1 atom stereocenters. The van der Waals surface area contributed by atoms with E-state index in [0.29, 0.717) is 12.3 Å². The van der Waals surface area contributed by atoms with Gasteiger partial charge >= 0.3 is 0 Å². The number of aliphatic hydroxyl groups excluding tert-OH is 1. The summed E-state index contributed by atoms with van der Waals surface area (Å²) >= 11 is 0. The summed E-state index contributed by atoms with van der Waals surface area (Å²) in [6, 6.07) is 6.06. The minimum absolute atomic E-state index is 0.00925. The van der Waals surface area contributed by atoms with Crippen LogP contribution in [-0.2, 0) is 14.8 Å². The molecule has 0 aliphatic heterocycles. The van der Waals surface area contributed by atoms with E-state index in [9.17, 15) is 18.3 Å². The molecule has 1 aliphatic rings. The molecule has 1 saturated carbocycles. The van der Waals surface area contributed by atoms with Crippen molar-refractivity contribution in [2.24, 2.45) is 17.8 Å². The largest absolute Gasteiger partial charge is 0.497 e. The van der Waals surface area contributed by atoms with Gasteiger partial charge in [0.05, 0.1) is 24.7 Å². The Bertz CT molecular complexity index is 725. The van der Waals surface area contributed by atoms with E-state index in [0.717, 1.165) is 25.7 Å². The molecule has 0 aromatic heterocycles. The smallest absolute Gasteiger partial charge is 0.240 e. The summed E-state index contributed by atoms with van der Waals surface area (Å²) in [6.07, 6.45) is 3.07. The summed E-state index contributed by atoms with van der Waals surface area (Å²) in [6.45, 7) is 4.24. The zero-order chi connectivity index (χ0) is 20.7. The molecule has 7 nitrogen and oxygen atoms in total. The highest BCUT2D eigenvalue weighted by molar-refractivity contribution is 7.89. The van der Waals surface area contributed by atoms with Crippen molar-refractivity contribution in [1.29, 1.82) is 0 Å². The second kappa shape index (κ2) is 10.2. The van der Waals surface area contributed by atoms with Crippen LogP contribution in [-0.4, -0.2) is 45.7 Å². The SMILES string of the molecule is COc1ccc(S(=O)(=O)NCC2CCC(C(=O)NC(CO)C(C)C)CC2)cc1. The van der Waals surface area contributed by atoms with Crippen molar-refractivity contribution in [2.75, 3.05) is 20.3 Å². The first-order valence-corrected chi connectivity index (χ1v) is 11.3. The van der Waals surface area contributed by atoms with Gasteiger partial charge in [0, 0.05) is 12.5 Å². The van der Waals surface area contributed by atoms with Crippen LogP contribution in [0.15, 0.2) is 29.2 Å². The van der Waals surface area contributed by atoms with E-state index in [1.165, 1.54) is 19.2 Å². The number of benzene rings is 1. The maximum Gasteiger partial charge on any atom is 0.240 e. The van der Waals surface area contributed by atoms with Crippen molar-refractivity contribution in [3.8, 4) is 5.75 Å². The van der Waals surface area contributed by atoms with E-state index in [-0.39, 0.29) is 41.2 Å². The number of amides is 1. The Balaban J connectivity index is 1.81. The van der Waals surface area contributed by atoms with Gasteiger partial charge in [-0.1, -0.05) is 13.8 Å². The molecule has 0 bridgehead atoms. The van der Waals surface area contributed by atoms with Crippen molar-refractivity contribution in [3.63, 3.8) is 0 Å². The fraction of sp³-hybridized carbons (Fsp3) is 0.650. The van der Waals surface area contributed by atoms with E-state index in [4.69, 9.17) is 4.74 Å². The summed E-state index contributed by atoms with van der Waals surface area (Å²) in [5.41, 5.74) is 0. The lowest BCUT2D eigenvalue weighted by Gasteiger charge is -2.29. The Labute approximate surface area is 167 Å². The van der Waals surface area contributed by atoms with Crippen LogP contribution in [0, 0.1) is 17.8 Å². The summed E-state index contributed by atoms with van der Waals surface area (Å²) in [5.74, 6) is 0.928. The molecule has 2 rings (SSSR count). The van der Waals surface area contributed by atoms with Crippen molar-refractivity contribution in [2.45, 2.75) is 50.5 Å². The number of sulfonamides is 1. The molecule has 28 heavy (non-hydrogen) atoms. The molecule has 0 saturated heterocycles. The highest BCUT2D eigenvalue weighted by Crippen LogP contribution is 2.29. The molecule has 1 aromatic carbocycles. The number of carbonyl (C=O) groups excluding carboxylic acids is 1. The van der Waals surface area contributed by atoms with Crippen LogP contribution in [0.4, 0.5) is 0 Å². The summed E-state index contributed by atoms with van der Waals surface area (Å²) in [4.78, 5) is 12.6. The number of hydrogen-bond acceptors (Lipinski definition) is 5. The molecule has 3 N–H and O–H groups in total. The number of carbonyl (C=O) groups is 1. The number of ether oxygens (including phenoxy) is 1. The van der Waals surface area contributed by atoms with Crippen LogP contribution in [0.2, 0.25) is 0 Å². The van der Waals surface area contributed by atoms with Crippen LogP contribution in [0.25, 0.3) is 0 Å². The topological polar surface area (TPSA) is 105 Å². The summed E-state index contributed by atoms with van der Waals surface area (Å²) in [5, 5.41) is 12.3. The van der Waals surface area contributed by atoms with Gasteiger partial charge in [-0.05, 0) is 61.8 Å². The Hall–Kier alpha value is -1.64. The van der Waals surface area contributed by atoms with Crippen molar-refractivity contribution < 1.29 is 23.1 Å². The van der Waals surface area contributed by atoms with Crippen LogP contribution in [0.5, 0.6) is 5.75 Å². The standard InChI is InChI=1S/C20H32N2O5S/c1-14(2)19(13-23)22-20(24)16-6-4-15(5-7-16)12-21-28(25,26)18-10-8-17(27-3)9-11-18/h8-11,14-16,19,21,23H,4-7,12-13H2,1-3H3,(H,22,24). The fourth-order valence-electron chi connectivity index (χ4n) is 3.42. The van der Waals surface area contributed by atoms with E-state index in [1.54, 1.807) is 12.1 Å². The third kappa shape index (κ3) is 6.18. The highest BCUT2D eigenvalue weighted by atomic mass is 32.2. The molecule has 0 radical (unpaired) electrons. The lowest BCUT2D eigenvalue weighted by Crippen LogP contribution is -2.45. The van der Waals surface area contributed by atoms with Gasteiger partial charge in [0.15, 0.2) is 0 Å². The van der Waals surface area contributed by atoms with Crippen LogP contribution in [0.1, 0.15) is 39.5 Å². The number of rotatable bonds is 9. The number of methoxy groups -OCH3 is 1. The second-order valence-corrected chi connectivity index (χ2v) is 9.55. The summed E-state index contributed by atoms with van der Waals surface area (Å²) in [7, 11) is -2.02. The average Bonchev–Trinajstić information content (AvgIpc) is 2.70. The van der Waals surface area contributed by atoms with Gasteiger partial charge < -0.3 is 15.2 Å². The van der Waals surface area contributed by atoms with Gasteiger partial charge in [-0.2, -0.15) is 0 Å². The van der Waals surface area contributed by atoms with Gasteiger partial charge in [0.25, 0.3) is 0 Å².